The summed E-state index contributed by atoms with van der Waals surface area (Å²) >= 11 is 0. The normalized spacial score (nSPS) is 12.4. The number of benzene rings is 1. The molecule has 1 aromatic rings. The number of para-hydroxylation sites is 1. The van der Waals surface area contributed by atoms with Gasteiger partial charge in [-0.25, -0.2) is 4.79 Å². The fraction of sp³-hybridized carbons (Fsp3) is 0.312. The summed E-state index contributed by atoms with van der Waals surface area (Å²) in [4.78, 5) is 28.2. The molecule has 0 atom stereocenters. The van der Waals surface area contributed by atoms with Crippen LogP contribution in [0.4, 0.5) is 0 Å². The van der Waals surface area contributed by atoms with Crippen molar-refractivity contribution in [2.75, 3.05) is 20.3 Å². The summed E-state index contributed by atoms with van der Waals surface area (Å²) in [6.07, 6.45) is 0. The van der Waals surface area contributed by atoms with E-state index in [9.17, 15) is 9.59 Å². The van der Waals surface area contributed by atoms with Crippen molar-refractivity contribution in [3.63, 3.8) is 0 Å². The molecule has 1 rings (SSSR count). The number of carbonyl (C=O) groups excluding carboxylic acids is 2. The number of hydrogen-bond acceptors (Lipinski definition) is 6. The van der Waals surface area contributed by atoms with Gasteiger partial charge in [0, 0.05) is 12.2 Å². The molecule has 0 bridgehead atoms. The Balaban J connectivity index is 2.84. The lowest BCUT2D eigenvalue weighted by atomic mass is 10.1. The van der Waals surface area contributed by atoms with Crippen molar-refractivity contribution in [1.82, 2.24) is 0 Å². The third-order valence-corrected chi connectivity index (χ3v) is 2.92. The van der Waals surface area contributed by atoms with Crippen molar-refractivity contribution in [3.05, 3.63) is 41.1 Å². The molecule has 0 amide bonds. The molecule has 4 N–H and O–H groups in total. The molecule has 7 nitrogen and oxygen atoms in total. The van der Waals surface area contributed by atoms with E-state index in [1.165, 1.54) is 14.0 Å². The summed E-state index contributed by atoms with van der Waals surface area (Å²) in [5.41, 5.74) is 11.8. The molecular formula is C16H21N3O4. The van der Waals surface area contributed by atoms with Gasteiger partial charge in [-0.05, 0) is 26.0 Å². The summed E-state index contributed by atoms with van der Waals surface area (Å²) in [5.74, 6) is -0.785. The van der Waals surface area contributed by atoms with E-state index in [2.05, 4.69) is 4.99 Å². The number of allylic oxidation sites excluding steroid dienone is 1. The maximum absolute atomic E-state index is 12.2. The first-order chi connectivity index (χ1) is 10.9. The second-order valence-corrected chi connectivity index (χ2v) is 4.62. The van der Waals surface area contributed by atoms with Crippen LogP contribution in [0.2, 0.25) is 0 Å². The lowest BCUT2D eigenvalue weighted by Gasteiger charge is -2.10. The molecule has 124 valence electrons. The average Bonchev–Trinajstić information content (AvgIpc) is 2.52. The summed E-state index contributed by atoms with van der Waals surface area (Å²) < 4.78 is 10.1. The third kappa shape index (κ3) is 4.84. The number of carbonyl (C=O) groups is 2. The van der Waals surface area contributed by atoms with Gasteiger partial charge in [-0.3, -0.25) is 9.79 Å². The first kappa shape index (κ1) is 18.2. The fourth-order valence-electron chi connectivity index (χ4n) is 1.87. The molecule has 0 fully saturated rings. The standard InChI is InChI=1S/C16H21N3O4/c1-4-19-15(18)14(10(2)17)16(21)23-9-12(20)11-7-5-6-8-13(11)22-3/h5-8H,4,9,17H2,1-3H3,(H2,18,19)/b14-10+. The van der Waals surface area contributed by atoms with Gasteiger partial charge in [0.2, 0.25) is 5.78 Å². The molecule has 0 unspecified atom stereocenters. The Kier molecular flexibility index (Phi) is 6.79. The monoisotopic (exact) mass is 319 g/mol. The Morgan fingerprint density at radius 3 is 2.43 bits per heavy atom. The van der Waals surface area contributed by atoms with Crippen molar-refractivity contribution < 1.29 is 19.1 Å². The molecule has 0 radical (unpaired) electrons. The topological polar surface area (TPSA) is 117 Å². The molecule has 0 heterocycles. The highest BCUT2D eigenvalue weighted by Crippen LogP contribution is 2.18. The molecule has 0 saturated heterocycles. The Morgan fingerprint density at radius 1 is 1.22 bits per heavy atom. The maximum atomic E-state index is 12.2. The van der Waals surface area contributed by atoms with E-state index >= 15 is 0 Å². The highest BCUT2D eigenvalue weighted by Gasteiger charge is 2.20. The van der Waals surface area contributed by atoms with E-state index in [1.54, 1.807) is 31.2 Å². The Bertz CT molecular complexity index is 646. The molecule has 0 spiro atoms. The van der Waals surface area contributed by atoms with Gasteiger partial charge in [0.25, 0.3) is 0 Å². The van der Waals surface area contributed by atoms with E-state index in [0.29, 0.717) is 17.9 Å². The van der Waals surface area contributed by atoms with E-state index in [0.717, 1.165) is 0 Å². The second-order valence-electron chi connectivity index (χ2n) is 4.62. The number of aliphatic imine (C=N–C) groups is 1. The summed E-state index contributed by atoms with van der Waals surface area (Å²) in [6.45, 7) is 3.23. The number of amidine groups is 1. The number of nitrogens with zero attached hydrogens (tertiary/aromatic N) is 1. The van der Waals surface area contributed by atoms with Crippen LogP contribution in [0.5, 0.6) is 5.75 Å². The van der Waals surface area contributed by atoms with Crippen LogP contribution in [0.15, 0.2) is 40.5 Å². The quantitative estimate of drug-likeness (QED) is 0.255. The van der Waals surface area contributed by atoms with Crippen LogP contribution in [0.3, 0.4) is 0 Å². The molecule has 23 heavy (non-hydrogen) atoms. The van der Waals surface area contributed by atoms with Crippen molar-refractivity contribution in [3.8, 4) is 5.75 Å². The van der Waals surface area contributed by atoms with Gasteiger partial charge in [0.05, 0.1) is 12.7 Å². The summed E-state index contributed by atoms with van der Waals surface area (Å²) in [7, 11) is 1.46. The molecule has 0 aliphatic carbocycles. The van der Waals surface area contributed by atoms with Crippen molar-refractivity contribution in [2.45, 2.75) is 13.8 Å². The number of rotatable bonds is 7. The Morgan fingerprint density at radius 2 is 1.87 bits per heavy atom. The maximum Gasteiger partial charge on any atom is 0.344 e. The molecule has 7 heteroatoms. The minimum Gasteiger partial charge on any atom is -0.496 e. The molecule has 1 aromatic carbocycles. The van der Waals surface area contributed by atoms with Gasteiger partial charge in [0.1, 0.15) is 17.2 Å². The van der Waals surface area contributed by atoms with Crippen molar-refractivity contribution in [2.24, 2.45) is 16.5 Å². The van der Waals surface area contributed by atoms with Gasteiger partial charge in [-0.2, -0.15) is 0 Å². The van der Waals surface area contributed by atoms with Crippen LogP contribution in [0.1, 0.15) is 24.2 Å². The van der Waals surface area contributed by atoms with Crippen LogP contribution < -0.4 is 16.2 Å². The predicted octanol–water partition coefficient (Wildman–Crippen LogP) is 1.03. The molecule has 0 aliphatic rings. The minimum atomic E-state index is -0.789. The van der Waals surface area contributed by atoms with Crippen molar-refractivity contribution in [1.29, 1.82) is 0 Å². The predicted molar refractivity (Wildman–Crippen MR) is 87.3 cm³/mol. The largest absolute Gasteiger partial charge is 0.496 e. The van der Waals surface area contributed by atoms with Crippen LogP contribution in [-0.2, 0) is 9.53 Å². The van der Waals surface area contributed by atoms with E-state index in [4.69, 9.17) is 20.9 Å². The van der Waals surface area contributed by atoms with E-state index in [1.807, 2.05) is 0 Å². The highest BCUT2D eigenvalue weighted by atomic mass is 16.5. The fourth-order valence-corrected chi connectivity index (χ4v) is 1.87. The molecule has 0 aromatic heterocycles. The molecule has 0 saturated carbocycles. The lowest BCUT2D eigenvalue weighted by molar-refractivity contribution is -0.137. The van der Waals surface area contributed by atoms with Gasteiger partial charge in [0.15, 0.2) is 6.61 Å². The van der Waals surface area contributed by atoms with Gasteiger partial charge in [-0.1, -0.05) is 12.1 Å². The third-order valence-electron chi connectivity index (χ3n) is 2.92. The van der Waals surface area contributed by atoms with Crippen LogP contribution in [0.25, 0.3) is 0 Å². The second kappa shape index (κ2) is 8.57. The zero-order valence-corrected chi connectivity index (χ0v) is 13.5. The zero-order valence-electron chi connectivity index (χ0n) is 13.5. The van der Waals surface area contributed by atoms with Gasteiger partial charge < -0.3 is 20.9 Å². The van der Waals surface area contributed by atoms with Crippen LogP contribution >= 0.6 is 0 Å². The Hall–Kier alpha value is -2.83. The summed E-state index contributed by atoms with van der Waals surface area (Å²) in [6, 6.07) is 6.67. The molecular weight excluding hydrogens is 298 g/mol. The van der Waals surface area contributed by atoms with E-state index < -0.39 is 18.4 Å². The number of ketones is 1. The zero-order chi connectivity index (χ0) is 17.4. The van der Waals surface area contributed by atoms with Crippen LogP contribution in [-0.4, -0.2) is 37.8 Å². The smallest absolute Gasteiger partial charge is 0.344 e. The van der Waals surface area contributed by atoms with Gasteiger partial charge in [-0.15, -0.1) is 0 Å². The number of methoxy groups -OCH3 is 1. The van der Waals surface area contributed by atoms with Crippen LogP contribution in [0, 0.1) is 0 Å². The highest BCUT2D eigenvalue weighted by molar-refractivity contribution is 6.19. The first-order valence-electron chi connectivity index (χ1n) is 7.02. The summed E-state index contributed by atoms with van der Waals surface area (Å²) in [5, 5.41) is 0. The Labute approximate surface area is 135 Å². The van der Waals surface area contributed by atoms with Crippen molar-refractivity contribution >= 4 is 17.6 Å². The molecule has 0 aliphatic heterocycles. The average molecular weight is 319 g/mol. The number of ether oxygens (including phenoxy) is 2. The number of nitrogens with two attached hydrogens (primary N) is 2. The van der Waals surface area contributed by atoms with Gasteiger partial charge >= 0.3 is 5.97 Å². The number of Topliss-reactive ketones (excluding diaryl/α,β-unsaturated/α-hetero) is 1. The van der Waals surface area contributed by atoms with E-state index in [-0.39, 0.29) is 17.1 Å². The number of esters is 1. The number of hydrogen-bond donors (Lipinski definition) is 2. The minimum absolute atomic E-state index is 0.0118. The lowest BCUT2D eigenvalue weighted by Crippen LogP contribution is -2.28. The SMILES string of the molecule is CCN=C(N)/C(C(=O)OCC(=O)c1ccccc1OC)=C(/C)N. The first-order valence-corrected chi connectivity index (χ1v) is 7.02.